The Hall–Kier alpha value is -7.36. The van der Waals surface area contributed by atoms with E-state index in [1.165, 1.54) is 76.6 Å². The molecule has 0 aliphatic carbocycles. The van der Waals surface area contributed by atoms with Gasteiger partial charge in [-0.05, 0) is 104 Å². The first kappa shape index (κ1) is 37.0. The van der Waals surface area contributed by atoms with E-state index in [1.54, 1.807) is 7.11 Å². The van der Waals surface area contributed by atoms with E-state index in [-0.39, 0.29) is 6.71 Å². The smallest absolute Gasteiger partial charge is 0.242 e. The van der Waals surface area contributed by atoms with Crippen LogP contribution in [0.2, 0.25) is 0 Å². The molecule has 10 aromatic carbocycles. The van der Waals surface area contributed by atoms with E-state index in [0.717, 1.165) is 28.3 Å². The molecule has 286 valence electrons. The first-order valence-electron chi connectivity index (χ1n) is 20.8. The van der Waals surface area contributed by atoms with Gasteiger partial charge in [0.1, 0.15) is 5.75 Å². The van der Waals surface area contributed by atoms with Gasteiger partial charge in [0.15, 0.2) is 0 Å². The van der Waals surface area contributed by atoms with Crippen LogP contribution < -0.4 is 26.0 Å². The lowest BCUT2D eigenvalue weighted by atomic mass is 9.35. The molecular formula is C57H44BNO. The number of rotatable bonds is 9. The van der Waals surface area contributed by atoms with Crippen molar-refractivity contribution in [3.05, 3.63) is 223 Å². The fourth-order valence-electron chi connectivity index (χ4n) is 9.43. The van der Waals surface area contributed by atoms with Gasteiger partial charge in [0.25, 0.3) is 0 Å². The number of nitrogens with zero attached hydrogens (tertiary/aromatic N) is 1. The summed E-state index contributed by atoms with van der Waals surface area (Å²) in [6, 6.07) is 77.2. The molecule has 0 saturated carbocycles. The van der Waals surface area contributed by atoms with Gasteiger partial charge in [-0.1, -0.05) is 192 Å². The second kappa shape index (κ2) is 15.8. The lowest BCUT2D eigenvalue weighted by Crippen LogP contribution is -2.53. The number of aryl methyl sites for hydroxylation is 2. The Morgan fingerprint density at radius 3 is 1.65 bits per heavy atom. The predicted octanol–water partition coefficient (Wildman–Crippen LogP) is 13.1. The van der Waals surface area contributed by atoms with Crippen LogP contribution in [0, 0.1) is 13.8 Å². The van der Waals surface area contributed by atoms with Gasteiger partial charge in [-0.3, -0.25) is 0 Å². The third-order valence-corrected chi connectivity index (χ3v) is 12.1. The Kier molecular flexibility index (Phi) is 9.71. The molecular weight excluding hydrogens is 725 g/mol. The fraction of sp³-hybridized carbons (Fsp3) is 0.0526. The molecule has 0 aromatic heterocycles. The molecule has 0 unspecified atom stereocenters. The van der Waals surface area contributed by atoms with Crippen LogP contribution in [0.15, 0.2) is 212 Å². The predicted molar refractivity (Wildman–Crippen MR) is 258 cm³/mol. The summed E-state index contributed by atoms with van der Waals surface area (Å²) in [7, 11) is 1.79. The molecule has 10 rings (SSSR count). The summed E-state index contributed by atoms with van der Waals surface area (Å²) < 4.78 is 6.34. The number of ether oxygens (including phenoxy) is 1. The van der Waals surface area contributed by atoms with Crippen LogP contribution >= 0.6 is 0 Å². The van der Waals surface area contributed by atoms with Crippen molar-refractivity contribution < 1.29 is 4.74 Å². The third kappa shape index (κ3) is 6.49. The van der Waals surface area contributed by atoms with Crippen molar-refractivity contribution in [2.75, 3.05) is 12.0 Å². The zero-order valence-electron chi connectivity index (χ0n) is 34.1. The van der Waals surface area contributed by atoms with Crippen LogP contribution in [0.5, 0.6) is 5.75 Å². The van der Waals surface area contributed by atoms with Crippen molar-refractivity contribution in [1.82, 2.24) is 0 Å². The average Bonchev–Trinajstić information content (AvgIpc) is 3.31. The minimum absolute atomic E-state index is 0.00701. The standard InChI is InChI=1S/C57H44BNO/c1-39-20-19-21-40(2)57(39)59(43-26-11-6-12-27-43)44-34-35-50(56(36-44)60-3)51-37-52-48-31-15-16-32-49(48)55(38-53(52)47-30-14-13-29-46(47)51)58(42-24-9-5-10-25-42)54-33-18-17-28-45(54)41-22-7-4-8-23-41/h4-38H,1-3H3. The Bertz CT molecular complexity index is 3140. The lowest BCUT2D eigenvalue weighted by molar-refractivity contribution is 0.416. The van der Waals surface area contributed by atoms with Crippen molar-refractivity contribution in [2.45, 2.75) is 13.8 Å². The summed E-state index contributed by atoms with van der Waals surface area (Å²) in [5.74, 6) is 0.826. The lowest BCUT2D eigenvalue weighted by Gasteiger charge is -2.29. The van der Waals surface area contributed by atoms with Crippen molar-refractivity contribution >= 4 is 72.5 Å². The van der Waals surface area contributed by atoms with E-state index in [4.69, 9.17) is 4.74 Å². The summed E-state index contributed by atoms with van der Waals surface area (Å²) in [4.78, 5) is 2.35. The van der Waals surface area contributed by atoms with Gasteiger partial charge in [0.05, 0.1) is 12.8 Å². The number of anilines is 3. The second-order valence-corrected chi connectivity index (χ2v) is 15.7. The summed E-state index contributed by atoms with van der Waals surface area (Å²) in [6.07, 6.45) is 0. The second-order valence-electron chi connectivity index (χ2n) is 15.7. The molecule has 60 heavy (non-hydrogen) atoms. The van der Waals surface area contributed by atoms with E-state index in [2.05, 4.69) is 231 Å². The molecule has 0 fully saturated rings. The van der Waals surface area contributed by atoms with Gasteiger partial charge in [0.2, 0.25) is 6.71 Å². The van der Waals surface area contributed by atoms with Gasteiger partial charge in [-0.15, -0.1) is 0 Å². The van der Waals surface area contributed by atoms with E-state index in [0.29, 0.717) is 0 Å². The summed E-state index contributed by atoms with van der Waals surface area (Å²) in [5, 5.41) is 7.34. The number of benzene rings is 10. The molecule has 0 radical (unpaired) electrons. The van der Waals surface area contributed by atoms with Gasteiger partial charge < -0.3 is 9.64 Å². The van der Waals surface area contributed by atoms with Gasteiger partial charge in [-0.25, -0.2) is 0 Å². The topological polar surface area (TPSA) is 12.5 Å². The number of para-hydroxylation sites is 2. The molecule has 0 aliphatic rings. The Morgan fingerprint density at radius 1 is 0.383 bits per heavy atom. The highest BCUT2D eigenvalue weighted by Crippen LogP contribution is 2.45. The number of fused-ring (bicyclic) bond motifs is 5. The molecule has 0 saturated heterocycles. The highest BCUT2D eigenvalue weighted by molar-refractivity contribution is 6.97. The van der Waals surface area contributed by atoms with Gasteiger partial charge >= 0.3 is 0 Å². The maximum atomic E-state index is 6.34. The van der Waals surface area contributed by atoms with Crippen LogP contribution in [-0.4, -0.2) is 13.8 Å². The third-order valence-electron chi connectivity index (χ3n) is 12.1. The fourth-order valence-corrected chi connectivity index (χ4v) is 9.43. The maximum Gasteiger partial charge on any atom is 0.242 e. The SMILES string of the molecule is COc1cc(N(c2ccccc2)c2c(C)cccc2C)ccc1-c1cc2c3ccccc3c(B(c3ccccc3)c3ccccc3-c3ccccc3)cc2c2ccccc12. The van der Waals surface area contributed by atoms with Crippen LogP contribution in [-0.2, 0) is 0 Å². The van der Waals surface area contributed by atoms with E-state index in [9.17, 15) is 0 Å². The van der Waals surface area contributed by atoms with Crippen LogP contribution in [0.4, 0.5) is 17.1 Å². The van der Waals surface area contributed by atoms with Crippen molar-refractivity contribution in [1.29, 1.82) is 0 Å². The maximum absolute atomic E-state index is 6.34. The molecule has 0 heterocycles. The van der Waals surface area contributed by atoms with E-state index in [1.807, 2.05) is 0 Å². The quantitative estimate of drug-likeness (QED) is 0.107. The zero-order chi connectivity index (χ0) is 40.6. The molecule has 0 N–H and O–H groups in total. The molecule has 3 heteroatoms. The monoisotopic (exact) mass is 769 g/mol. The number of hydrogen-bond donors (Lipinski definition) is 0. The largest absolute Gasteiger partial charge is 0.496 e. The Labute approximate surface area is 353 Å². The minimum atomic E-state index is -0.00701. The molecule has 2 nitrogen and oxygen atoms in total. The summed E-state index contributed by atoms with van der Waals surface area (Å²) in [5.41, 5.74) is 14.3. The van der Waals surface area contributed by atoms with Gasteiger partial charge in [0, 0.05) is 23.0 Å². The normalized spacial score (nSPS) is 11.2. The first-order valence-corrected chi connectivity index (χ1v) is 20.8. The minimum Gasteiger partial charge on any atom is -0.496 e. The molecule has 0 atom stereocenters. The first-order chi connectivity index (χ1) is 29.6. The molecule has 0 amide bonds. The molecule has 0 spiro atoms. The van der Waals surface area contributed by atoms with Crippen LogP contribution in [0.25, 0.3) is 54.6 Å². The van der Waals surface area contributed by atoms with Crippen molar-refractivity contribution in [3.63, 3.8) is 0 Å². The number of hydrogen-bond acceptors (Lipinski definition) is 2. The Morgan fingerprint density at radius 2 is 0.950 bits per heavy atom. The molecule has 0 aliphatic heterocycles. The molecule has 0 bridgehead atoms. The summed E-state index contributed by atoms with van der Waals surface area (Å²) in [6.45, 7) is 4.36. The van der Waals surface area contributed by atoms with Crippen LogP contribution in [0.1, 0.15) is 11.1 Å². The van der Waals surface area contributed by atoms with Crippen molar-refractivity contribution in [2.24, 2.45) is 0 Å². The highest BCUT2D eigenvalue weighted by Gasteiger charge is 2.28. The van der Waals surface area contributed by atoms with Crippen LogP contribution in [0.3, 0.4) is 0 Å². The van der Waals surface area contributed by atoms with E-state index >= 15 is 0 Å². The number of methoxy groups -OCH3 is 1. The van der Waals surface area contributed by atoms with E-state index < -0.39 is 0 Å². The van der Waals surface area contributed by atoms with Crippen molar-refractivity contribution in [3.8, 4) is 28.0 Å². The molecule has 10 aromatic rings. The van der Waals surface area contributed by atoms with Gasteiger partial charge in [-0.2, -0.15) is 0 Å². The highest BCUT2D eigenvalue weighted by atomic mass is 16.5. The average molecular weight is 770 g/mol. The zero-order valence-corrected chi connectivity index (χ0v) is 34.1. The summed E-state index contributed by atoms with van der Waals surface area (Å²) >= 11 is 0. The Balaban J connectivity index is 1.21.